The second-order valence-electron chi connectivity index (χ2n) is 5.34. The number of amides is 1. The van der Waals surface area contributed by atoms with Gasteiger partial charge in [0, 0.05) is 31.4 Å². The van der Waals surface area contributed by atoms with E-state index in [1.165, 1.54) is 0 Å². The average Bonchev–Trinajstić information content (AvgIpc) is 2.53. The van der Waals surface area contributed by atoms with Crippen molar-refractivity contribution in [1.29, 1.82) is 0 Å². The maximum atomic E-state index is 12.8. The van der Waals surface area contributed by atoms with Gasteiger partial charge in [-0.15, -0.1) is 0 Å². The molecule has 0 atom stereocenters. The van der Waals surface area contributed by atoms with Gasteiger partial charge >= 0.3 is 0 Å². The summed E-state index contributed by atoms with van der Waals surface area (Å²) < 4.78 is 0. The van der Waals surface area contributed by atoms with Crippen LogP contribution in [0.1, 0.15) is 62.5 Å². The van der Waals surface area contributed by atoms with Crippen molar-refractivity contribution in [2.45, 2.75) is 52.9 Å². The lowest BCUT2D eigenvalue weighted by atomic mass is 10.1. The van der Waals surface area contributed by atoms with Crippen LogP contribution in [0.5, 0.6) is 0 Å². The molecule has 0 spiro atoms. The van der Waals surface area contributed by atoms with Crippen molar-refractivity contribution in [2.24, 2.45) is 0 Å². The van der Waals surface area contributed by atoms with Gasteiger partial charge in [0.25, 0.3) is 5.91 Å². The van der Waals surface area contributed by atoms with Crippen LogP contribution in [0.2, 0.25) is 0 Å². The first kappa shape index (κ1) is 17.5. The minimum absolute atomic E-state index is 0.130. The highest BCUT2D eigenvalue weighted by Crippen LogP contribution is 2.14. The number of aromatic nitrogens is 1. The van der Waals surface area contributed by atoms with Crippen LogP contribution in [-0.2, 0) is 6.42 Å². The number of hydrogen-bond acceptors (Lipinski definition) is 3. The van der Waals surface area contributed by atoms with Gasteiger partial charge in [-0.05, 0) is 31.4 Å². The number of carbonyl (C=O) groups excluding carboxylic acids is 1. The molecule has 4 nitrogen and oxygen atoms in total. The Labute approximate surface area is 129 Å². The highest BCUT2D eigenvalue weighted by atomic mass is 16.2. The minimum atomic E-state index is 0.130. The lowest BCUT2D eigenvalue weighted by Gasteiger charge is -2.23. The third kappa shape index (κ3) is 5.37. The summed E-state index contributed by atoms with van der Waals surface area (Å²) in [6.45, 7) is 8.05. The van der Waals surface area contributed by atoms with E-state index in [9.17, 15) is 4.79 Å². The van der Waals surface area contributed by atoms with Gasteiger partial charge < -0.3 is 10.2 Å². The molecule has 0 saturated carbocycles. The molecule has 0 fully saturated rings. The number of nitrogens with one attached hydrogen (secondary N) is 1. The van der Waals surface area contributed by atoms with Crippen LogP contribution in [0.15, 0.2) is 12.1 Å². The Morgan fingerprint density at radius 3 is 2.24 bits per heavy atom. The zero-order valence-corrected chi connectivity index (χ0v) is 13.9. The summed E-state index contributed by atoms with van der Waals surface area (Å²) in [4.78, 5) is 19.2. The topological polar surface area (TPSA) is 45.2 Å². The maximum absolute atomic E-state index is 12.8. The molecule has 0 aromatic carbocycles. The summed E-state index contributed by atoms with van der Waals surface area (Å²) in [6, 6.07) is 3.78. The maximum Gasteiger partial charge on any atom is 0.254 e. The zero-order valence-electron chi connectivity index (χ0n) is 13.9. The fraction of sp³-hybridized carbons (Fsp3) is 0.647. The molecule has 118 valence electrons. The van der Waals surface area contributed by atoms with Gasteiger partial charge in [-0.2, -0.15) is 0 Å². The van der Waals surface area contributed by atoms with Gasteiger partial charge in [0.2, 0.25) is 0 Å². The average molecular weight is 291 g/mol. The van der Waals surface area contributed by atoms with Crippen molar-refractivity contribution >= 4 is 11.7 Å². The van der Waals surface area contributed by atoms with Crippen molar-refractivity contribution < 1.29 is 4.79 Å². The molecule has 0 unspecified atom stereocenters. The number of carbonyl (C=O) groups is 1. The summed E-state index contributed by atoms with van der Waals surface area (Å²) in [6.07, 6.45) is 5.16. The largest absolute Gasteiger partial charge is 0.373 e. The first-order valence-electron chi connectivity index (χ1n) is 8.14. The molecule has 1 aromatic heterocycles. The van der Waals surface area contributed by atoms with Crippen LogP contribution in [-0.4, -0.2) is 35.9 Å². The highest BCUT2D eigenvalue weighted by Gasteiger charge is 2.16. The Bertz CT molecular complexity index is 415. The van der Waals surface area contributed by atoms with Crippen LogP contribution >= 0.6 is 0 Å². The van der Waals surface area contributed by atoms with E-state index >= 15 is 0 Å². The van der Waals surface area contributed by atoms with E-state index in [0.29, 0.717) is 0 Å². The Morgan fingerprint density at radius 2 is 1.76 bits per heavy atom. The van der Waals surface area contributed by atoms with Gasteiger partial charge in [-0.3, -0.25) is 4.79 Å². The first-order chi connectivity index (χ1) is 10.2. The van der Waals surface area contributed by atoms with Crippen LogP contribution in [0.3, 0.4) is 0 Å². The molecule has 0 aliphatic rings. The van der Waals surface area contributed by atoms with E-state index in [1.54, 1.807) is 0 Å². The van der Waals surface area contributed by atoms with Crippen molar-refractivity contribution in [3.63, 3.8) is 0 Å². The number of anilines is 1. The minimum Gasteiger partial charge on any atom is -0.373 e. The fourth-order valence-corrected chi connectivity index (χ4v) is 2.22. The Kier molecular flexibility index (Phi) is 7.80. The molecule has 1 amide bonds. The predicted molar refractivity (Wildman–Crippen MR) is 88.9 cm³/mol. The molecule has 0 aliphatic carbocycles. The monoisotopic (exact) mass is 291 g/mol. The Morgan fingerprint density at radius 1 is 1.14 bits per heavy atom. The molecule has 1 heterocycles. The third-order valence-electron chi connectivity index (χ3n) is 3.59. The lowest BCUT2D eigenvalue weighted by Crippen LogP contribution is -2.33. The van der Waals surface area contributed by atoms with E-state index < -0.39 is 0 Å². The summed E-state index contributed by atoms with van der Waals surface area (Å²) in [5, 5.41) is 3.04. The van der Waals surface area contributed by atoms with Crippen LogP contribution in [0.4, 0.5) is 5.82 Å². The van der Waals surface area contributed by atoms with Crippen LogP contribution < -0.4 is 5.32 Å². The van der Waals surface area contributed by atoms with Crippen molar-refractivity contribution in [2.75, 3.05) is 25.5 Å². The number of rotatable bonds is 9. The van der Waals surface area contributed by atoms with E-state index in [1.807, 2.05) is 24.1 Å². The smallest absolute Gasteiger partial charge is 0.254 e. The molecular formula is C17H29N3O. The normalized spacial score (nSPS) is 10.5. The summed E-state index contributed by atoms with van der Waals surface area (Å²) >= 11 is 0. The van der Waals surface area contributed by atoms with Crippen molar-refractivity contribution in [3.8, 4) is 0 Å². The van der Waals surface area contributed by atoms with Gasteiger partial charge in [0.1, 0.15) is 5.82 Å². The van der Waals surface area contributed by atoms with Crippen LogP contribution in [0.25, 0.3) is 0 Å². The van der Waals surface area contributed by atoms with Gasteiger partial charge in [-0.1, -0.05) is 33.6 Å². The SMILES string of the molecule is CCCCN(CCCC)C(=O)c1cc(CC)nc(NC)c1. The molecule has 1 aromatic rings. The first-order valence-corrected chi connectivity index (χ1v) is 8.14. The number of aryl methyl sites for hydroxylation is 1. The molecule has 1 N–H and O–H groups in total. The standard InChI is InChI=1S/C17H29N3O/c1-5-8-10-20(11-9-6-2)17(21)14-12-15(7-3)19-16(13-14)18-4/h12-13H,5-11H2,1-4H3,(H,18,19). The number of pyridine rings is 1. The second-order valence-corrected chi connectivity index (χ2v) is 5.34. The second kappa shape index (κ2) is 9.37. The zero-order chi connectivity index (χ0) is 15.7. The molecule has 0 radical (unpaired) electrons. The predicted octanol–water partition coefficient (Wildman–Crippen LogP) is 3.73. The number of unbranched alkanes of at least 4 members (excludes halogenated alkanes) is 2. The molecule has 0 bridgehead atoms. The molecule has 4 heteroatoms. The van der Waals surface area contributed by atoms with Gasteiger partial charge in [-0.25, -0.2) is 4.98 Å². The molecule has 0 saturated heterocycles. The van der Waals surface area contributed by atoms with Gasteiger partial charge in [0.05, 0.1) is 0 Å². The molecule has 0 aliphatic heterocycles. The van der Waals surface area contributed by atoms with Crippen LogP contribution in [0, 0.1) is 0 Å². The fourth-order valence-electron chi connectivity index (χ4n) is 2.22. The third-order valence-corrected chi connectivity index (χ3v) is 3.59. The molecule has 21 heavy (non-hydrogen) atoms. The lowest BCUT2D eigenvalue weighted by molar-refractivity contribution is 0.0751. The summed E-state index contributed by atoms with van der Waals surface area (Å²) in [5.74, 6) is 0.897. The highest BCUT2D eigenvalue weighted by molar-refractivity contribution is 5.95. The van der Waals surface area contributed by atoms with E-state index in [2.05, 4.69) is 31.1 Å². The Hall–Kier alpha value is -1.58. The Balaban J connectivity index is 2.95. The number of hydrogen-bond donors (Lipinski definition) is 1. The molecular weight excluding hydrogens is 262 g/mol. The number of nitrogens with zero attached hydrogens (tertiary/aromatic N) is 2. The quantitative estimate of drug-likeness (QED) is 0.754. The van der Waals surface area contributed by atoms with E-state index in [4.69, 9.17) is 0 Å². The van der Waals surface area contributed by atoms with E-state index in [0.717, 1.165) is 62.3 Å². The van der Waals surface area contributed by atoms with E-state index in [-0.39, 0.29) is 5.91 Å². The summed E-state index contributed by atoms with van der Waals surface area (Å²) in [7, 11) is 1.84. The molecule has 1 rings (SSSR count). The van der Waals surface area contributed by atoms with Crippen molar-refractivity contribution in [1.82, 2.24) is 9.88 Å². The van der Waals surface area contributed by atoms with Crippen molar-refractivity contribution in [3.05, 3.63) is 23.4 Å². The van der Waals surface area contributed by atoms with Gasteiger partial charge in [0.15, 0.2) is 0 Å². The summed E-state index contributed by atoms with van der Waals surface area (Å²) in [5.41, 5.74) is 1.70.